The summed E-state index contributed by atoms with van der Waals surface area (Å²) in [6.07, 6.45) is 0. The van der Waals surface area contributed by atoms with Crippen molar-refractivity contribution in [3.8, 4) is 17.2 Å². The summed E-state index contributed by atoms with van der Waals surface area (Å²) in [6.45, 7) is 2.11. The minimum atomic E-state index is 0. The summed E-state index contributed by atoms with van der Waals surface area (Å²) in [7, 11) is 3.34. The van der Waals surface area contributed by atoms with Gasteiger partial charge in [0.15, 0.2) is 11.5 Å². The van der Waals surface area contributed by atoms with Gasteiger partial charge in [-0.2, -0.15) is 0 Å². The van der Waals surface area contributed by atoms with Gasteiger partial charge in [0.1, 0.15) is 12.4 Å². The van der Waals surface area contributed by atoms with Crippen LogP contribution >= 0.6 is 11.3 Å². The maximum atomic E-state index is 5.88. The van der Waals surface area contributed by atoms with Crippen molar-refractivity contribution in [2.75, 3.05) is 14.2 Å². The fraction of sp³-hybridized carbons (Fsp3) is 0.238. The van der Waals surface area contributed by atoms with Gasteiger partial charge in [-0.3, -0.25) is 0 Å². The number of rotatable bonds is 9. The zero-order valence-electron chi connectivity index (χ0n) is 15.4. The van der Waals surface area contributed by atoms with Crippen LogP contribution in [0.15, 0.2) is 60.0 Å². The first kappa shape index (κ1) is 21.1. The van der Waals surface area contributed by atoms with Crippen LogP contribution in [-0.2, 0) is 19.7 Å². The van der Waals surface area contributed by atoms with Crippen LogP contribution in [0.3, 0.4) is 0 Å². The molecule has 0 fully saturated rings. The van der Waals surface area contributed by atoms with E-state index in [0.717, 1.165) is 35.9 Å². The predicted molar refractivity (Wildman–Crippen MR) is 105 cm³/mol. The molecule has 3 rings (SSSR count). The largest absolute Gasteiger partial charge is 1.00 e. The quantitative estimate of drug-likeness (QED) is 0.588. The topological polar surface area (TPSA) is 39.7 Å². The first-order valence-corrected chi connectivity index (χ1v) is 9.32. The molecule has 0 unspecified atom stereocenters. The molecule has 0 saturated carbocycles. The zero-order chi connectivity index (χ0) is 18.2. The Hall–Kier alpha value is -2.21. The number of hydrogen-bond donors (Lipinski definition) is 1. The Morgan fingerprint density at radius 2 is 1.59 bits per heavy atom. The number of benzene rings is 2. The van der Waals surface area contributed by atoms with Gasteiger partial charge in [-0.25, -0.2) is 0 Å². The second-order valence-electron chi connectivity index (χ2n) is 5.80. The third-order valence-corrected chi connectivity index (χ3v) is 4.85. The van der Waals surface area contributed by atoms with Crippen molar-refractivity contribution in [2.45, 2.75) is 19.7 Å². The number of methoxy groups -OCH3 is 2. The number of nitrogens with one attached hydrogen (secondary N) is 1. The second kappa shape index (κ2) is 10.8. The maximum Gasteiger partial charge on any atom is 0.161 e. The highest BCUT2D eigenvalue weighted by atomic mass is 35.5. The summed E-state index contributed by atoms with van der Waals surface area (Å²) in [5.74, 6) is 2.39. The lowest BCUT2D eigenvalue weighted by Crippen LogP contribution is -3.00. The van der Waals surface area contributed by atoms with E-state index in [-0.39, 0.29) is 12.4 Å². The highest BCUT2D eigenvalue weighted by Gasteiger charge is 2.07. The molecule has 0 aliphatic carbocycles. The molecule has 0 aliphatic rings. The molecule has 0 spiro atoms. The lowest BCUT2D eigenvalue weighted by Gasteiger charge is -2.12. The Morgan fingerprint density at radius 1 is 0.852 bits per heavy atom. The standard InChI is InChI=1S/C21H23NO3S.ClH/c1-23-18-8-5-16(6-9-18)13-22-14-17-7-10-20(21(12-17)24-2)25-15-19-4-3-11-26-19;/h3-12,22H,13-15H2,1-2H3;1H/p-1. The summed E-state index contributed by atoms with van der Waals surface area (Å²) in [4.78, 5) is 1.19. The average Bonchev–Trinajstić information content (AvgIpc) is 3.21. The van der Waals surface area contributed by atoms with Gasteiger partial charge in [-0.05, 0) is 46.8 Å². The Bertz CT molecular complexity index is 807. The molecule has 1 heterocycles. The summed E-state index contributed by atoms with van der Waals surface area (Å²) in [5, 5.41) is 5.49. The van der Waals surface area contributed by atoms with Crippen LogP contribution in [0.5, 0.6) is 17.2 Å². The van der Waals surface area contributed by atoms with Crippen LogP contribution in [0.4, 0.5) is 0 Å². The SMILES string of the molecule is COc1ccc(CNCc2ccc(OCc3cccs3)c(OC)c2)cc1.[Cl-]. The third-order valence-electron chi connectivity index (χ3n) is 4.00. The highest BCUT2D eigenvalue weighted by Crippen LogP contribution is 2.29. The molecule has 3 aromatic rings. The van der Waals surface area contributed by atoms with E-state index in [9.17, 15) is 0 Å². The smallest absolute Gasteiger partial charge is 0.161 e. The van der Waals surface area contributed by atoms with Gasteiger partial charge in [-0.1, -0.05) is 24.3 Å². The lowest BCUT2D eigenvalue weighted by atomic mass is 10.2. The van der Waals surface area contributed by atoms with Crippen molar-refractivity contribution in [3.63, 3.8) is 0 Å². The second-order valence-corrected chi connectivity index (χ2v) is 6.84. The molecule has 0 radical (unpaired) electrons. The first-order valence-electron chi connectivity index (χ1n) is 8.44. The van der Waals surface area contributed by atoms with E-state index in [1.807, 2.05) is 35.7 Å². The molecular formula is C21H23ClNO3S-. The van der Waals surface area contributed by atoms with Crippen molar-refractivity contribution in [1.82, 2.24) is 5.32 Å². The van der Waals surface area contributed by atoms with Gasteiger partial charge >= 0.3 is 0 Å². The first-order chi connectivity index (χ1) is 12.8. The molecule has 0 amide bonds. The molecule has 1 N–H and O–H groups in total. The van der Waals surface area contributed by atoms with Crippen LogP contribution in [-0.4, -0.2) is 14.2 Å². The molecule has 27 heavy (non-hydrogen) atoms. The van der Waals surface area contributed by atoms with E-state index < -0.39 is 0 Å². The molecule has 0 bridgehead atoms. The minimum absolute atomic E-state index is 0. The molecule has 144 valence electrons. The van der Waals surface area contributed by atoms with Crippen molar-refractivity contribution in [3.05, 3.63) is 76.0 Å². The molecule has 0 atom stereocenters. The van der Waals surface area contributed by atoms with Crippen molar-refractivity contribution < 1.29 is 26.6 Å². The molecule has 0 saturated heterocycles. The molecule has 1 aromatic heterocycles. The Kier molecular flexibility index (Phi) is 8.45. The fourth-order valence-electron chi connectivity index (χ4n) is 2.58. The number of ether oxygens (including phenoxy) is 3. The third kappa shape index (κ3) is 6.17. The van der Waals surface area contributed by atoms with Crippen molar-refractivity contribution in [2.24, 2.45) is 0 Å². The van der Waals surface area contributed by atoms with E-state index in [1.54, 1.807) is 25.6 Å². The molecule has 6 heteroatoms. The van der Waals surface area contributed by atoms with Gasteiger partial charge in [0.2, 0.25) is 0 Å². The van der Waals surface area contributed by atoms with Gasteiger partial charge < -0.3 is 31.9 Å². The van der Waals surface area contributed by atoms with Crippen LogP contribution in [0.1, 0.15) is 16.0 Å². The predicted octanol–water partition coefficient (Wildman–Crippen LogP) is 1.64. The lowest BCUT2D eigenvalue weighted by molar-refractivity contribution is -0.00000610. The Balaban J connectivity index is 0.00000261. The Morgan fingerprint density at radius 3 is 2.26 bits per heavy atom. The zero-order valence-corrected chi connectivity index (χ0v) is 17.0. The van der Waals surface area contributed by atoms with Crippen LogP contribution in [0, 0.1) is 0 Å². The maximum absolute atomic E-state index is 5.88. The van der Waals surface area contributed by atoms with Crippen LogP contribution in [0.25, 0.3) is 0 Å². The number of thiophene rings is 1. The average molecular weight is 405 g/mol. The number of halogens is 1. The van der Waals surface area contributed by atoms with Crippen molar-refractivity contribution in [1.29, 1.82) is 0 Å². The van der Waals surface area contributed by atoms with Crippen molar-refractivity contribution >= 4 is 11.3 Å². The van der Waals surface area contributed by atoms with Gasteiger partial charge in [0, 0.05) is 18.0 Å². The Labute approximate surface area is 170 Å². The fourth-order valence-corrected chi connectivity index (χ4v) is 3.20. The highest BCUT2D eigenvalue weighted by molar-refractivity contribution is 7.09. The van der Waals surface area contributed by atoms with Gasteiger partial charge in [0.05, 0.1) is 14.2 Å². The van der Waals surface area contributed by atoms with Gasteiger partial charge in [-0.15, -0.1) is 11.3 Å². The van der Waals surface area contributed by atoms with Crippen LogP contribution < -0.4 is 31.9 Å². The van der Waals surface area contributed by atoms with E-state index in [2.05, 4.69) is 29.6 Å². The van der Waals surface area contributed by atoms with Crippen LogP contribution in [0.2, 0.25) is 0 Å². The van der Waals surface area contributed by atoms with E-state index in [4.69, 9.17) is 14.2 Å². The van der Waals surface area contributed by atoms with E-state index in [1.165, 1.54) is 10.4 Å². The van der Waals surface area contributed by atoms with E-state index in [0.29, 0.717) is 6.61 Å². The summed E-state index contributed by atoms with van der Waals surface area (Å²) >= 11 is 1.69. The number of hydrogen-bond acceptors (Lipinski definition) is 5. The molecular weight excluding hydrogens is 382 g/mol. The minimum Gasteiger partial charge on any atom is -1.00 e. The monoisotopic (exact) mass is 404 g/mol. The summed E-state index contributed by atoms with van der Waals surface area (Å²) < 4.78 is 16.5. The van der Waals surface area contributed by atoms with Gasteiger partial charge in [0.25, 0.3) is 0 Å². The van der Waals surface area contributed by atoms with E-state index >= 15 is 0 Å². The molecule has 0 aliphatic heterocycles. The summed E-state index contributed by atoms with van der Waals surface area (Å²) in [5.41, 5.74) is 2.37. The normalized spacial score (nSPS) is 10.1. The summed E-state index contributed by atoms with van der Waals surface area (Å²) in [6, 6.07) is 18.2. The molecule has 2 aromatic carbocycles. The molecule has 4 nitrogen and oxygen atoms in total.